The molecule has 23 heavy (non-hydrogen) atoms. The molecule has 2 aliphatic heterocycles. The maximum absolute atomic E-state index is 9.77. The van der Waals surface area contributed by atoms with E-state index < -0.39 is 0 Å². The summed E-state index contributed by atoms with van der Waals surface area (Å²) in [5, 5.41) is 11.1. The third kappa shape index (κ3) is 3.45. The van der Waals surface area contributed by atoms with Crippen molar-refractivity contribution in [2.75, 3.05) is 39.3 Å². The van der Waals surface area contributed by atoms with Crippen molar-refractivity contribution in [3.63, 3.8) is 0 Å². The molecule has 3 heterocycles. The summed E-state index contributed by atoms with van der Waals surface area (Å²) < 4.78 is 1.38. The van der Waals surface area contributed by atoms with Gasteiger partial charge in [0.25, 0.3) is 0 Å². The van der Waals surface area contributed by atoms with E-state index in [1.807, 2.05) is 11.3 Å². The molecule has 2 aromatic rings. The molecule has 0 spiro atoms. The monoisotopic (exact) mass is 330 g/mol. The van der Waals surface area contributed by atoms with E-state index in [4.69, 9.17) is 0 Å². The largest absolute Gasteiger partial charge is 0.396 e. The Bertz CT molecular complexity index is 617. The highest BCUT2D eigenvalue weighted by atomic mass is 32.1. The van der Waals surface area contributed by atoms with Crippen LogP contribution in [0.25, 0.3) is 10.1 Å². The van der Waals surface area contributed by atoms with Crippen LogP contribution in [0.1, 0.15) is 17.7 Å². The molecule has 1 aromatic heterocycles. The van der Waals surface area contributed by atoms with Gasteiger partial charge in [-0.3, -0.25) is 4.90 Å². The second-order valence-corrected chi connectivity index (χ2v) is 8.32. The SMILES string of the molecule is OC[C@H]1CN(Cc2cc3ccccc3s2)C[C@H]1CN1CCCC1. The van der Waals surface area contributed by atoms with Gasteiger partial charge in [-0.15, -0.1) is 11.3 Å². The average Bonchev–Trinajstić information content (AvgIpc) is 3.27. The topological polar surface area (TPSA) is 26.7 Å². The van der Waals surface area contributed by atoms with E-state index in [0.29, 0.717) is 18.4 Å². The van der Waals surface area contributed by atoms with Gasteiger partial charge in [0, 0.05) is 42.4 Å². The van der Waals surface area contributed by atoms with Crippen LogP contribution < -0.4 is 0 Å². The molecule has 4 rings (SSSR count). The van der Waals surface area contributed by atoms with Gasteiger partial charge in [-0.05, 0) is 55.3 Å². The van der Waals surface area contributed by atoms with Crippen molar-refractivity contribution in [1.82, 2.24) is 9.80 Å². The van der Waals surface area contributed by atoms with Crippen LogP contribution in [0.3, 0.4) is 0 Å². The minimum atomic E-state index is 0.335. The Labute approximate surface area is 142 Å². The molecule has 0 unspecified atom stereocenters. The molecule has 0 saturated carbocycles. The number of likely N-dealkylation sites (tertiary alicyclic amines) is 2. The first-order valence-electron chi connectivity index (χ1n) is 8.85. The lowest BCUT2D eigenvalue weighted by Crippen LogP contribution is -2.31. The van der Waals surface area contributed by atoms with Gasteiger partial charge >= 0.3 is 0 Å². The lowest BCUT2D eigenvalue weighted by Gasteiger charge is -2.23. The van der Waals surface area contributed by atoms with Crippen molar-refractivity contribution >= 4 is 21.4 Å². The molecule has 2 saturated heterocycles. The summed E-state index contributed by atoms with van der Waals surface area (Å²) >= 11 is 1.91. The third-order valence-electron chi connectivity index (χ3n) is 5.43. The molecule has 2 atom stereocenters. The lowest BCUT2D eigenvalue weighted by atomic mass is 9.96. The fraction of sp³-hybridized carbons (Fsp3) is 0.579. The zero-order valence-corrected chi connectivity index (χ0v) is 14.5. The fourth-order valence-electron chi connectivity index (χ4n) is 4.21. The highest BCUT2D eigenvalue weighted by molar-refractivity contribution is 7.19. The molecule has 124 valence electrons. The Hall–Kier alpha value is -0.940. The third-order valence-corrected chi connectivity index (χ3v) is 6.53. The van der Waals surface area contributed by atoms with E-state index in [1.165, 1.54) is 47.4 Å². The smallest absolute Gasteiger partial charge is 0.0475 e. The molecule has 1 aromatic carbocycles. The van der Waals surface area contributed by atoms with E-state index in [0.717, 1.165) is 19.6 Å². The van der Waals surface area contributed by atoms with Crippen LogP contribution in [-0.4, -0.2) is 54.2 Å². The summed E-state index contributed by atoms with van der Waals surface area (Å²) in [5.41, 5.74) is 0. The van der Waals surface area contributed by atoms with Crippen LogP contribution in [0.4, 0.5) is 0 Å². The summed E-state index contributed by atoms with van der Waals surface area (Å²) in [5.74, 6) is 1.08. The number of nitrogens with zero attached hydrogens (tertiary/aromatic N) is 2. The van der Waals surface area contributed by atoms with Crippen molar-refractivity contribution in [2.45, 2.75) is 19.4 Å². The van der Waals surface area contributed by atoms with Crippen LogP contribution >= 0.6 is 11.3 Å². The number of aliphatic hydroxyl groups excluding tert-OH is 1. The van der Waals surface area contributed by atoms with Gasteiger partial charge in [-0.1, -0.05) is 18.2 Å². The van der Waals surface area contributed by atoms with Gasteiger partial charge in [0.1, 0.15) is 0 Å². The molecule has 0 radical (unpaired) electrons. The second-order valence-electron chi connectivity index (χ2n) is 7.16. The number of hydrogen-bond donors (Lipinski definition) is 1. The van der Waals surface area contributed by atoms with Crippen molar-refractivity contribution < 1.29 is 5.11 Å². The predicted molar refractivity (Wildman–Crippen MR) is 96.8 cm³/mol. The second kappa shape index (κ2) is 6.89. The van der Waals surface area contributed by atoms with Gasteiger partial charge in [0.15, 0.2) is 0 Å². The molecule has 3 nitrogen and oxygen atoms in total. The molecule has 4 heteroatoms. The molecule has 1 N–H and O–H groups in total. The molecular weight excluding hydrogens is 304 g/mol. The van der Waals surface area contributed by atoms with E-state index >= 15 is 0 Å². The number of fused-ring (bicyclic) bond motifs is 1. The van der Waals surface area contributed by atoms with Crippen LogP contribution in [0.15, 0.2) is 30.3 Å². The Morgan fingerprint density at radius 1 is 1.04 bits per heavy atom. The molecule has 0 bridgehead atoms. The number of hydrogen-bond acceptors (Lipinski definition) is 4. The number of thiophene rings is 1. The highest BCUT2D eigenvalue weighted by Crippen LogP contribution is 2.30. The van der Waals surface area contributed by atoms with Crippen molar-refractivity contribution in [3.8, 4) is 0 Å². The van der Waals surface area contributed by atoms with E-state index in [1.54, 1.807) is 0 Å². The minimum Gasteiger partial charge on any atom is -0.396 e. The Morgan fingerprint density at radius 3 is 2.61 bits per heavy atom. The zero-order chi connectivity index (χ0) is 15.6. The quantitative estimate of drug-likeness (QED) is 0.913. The van der Waals surface area contributed by atoms with E-state index in [-0.39, 0.29) is 0 Å². The Kier molecular flexibility index (Phi) is 4.67. The van der Waals surface area contributed by atoms with Gasteiger partial charge < -0.3 is 10.0 Å². The minimum absolute atomic E-state index is 0.335. The number of aliphatic hydroxyl groups is 1. The summed E-state index contributed by atoms with van der Waals surface area (Å²) in [6, 6.07) is 11.0. The first-order chi connectivity index (χ1) is 11.3. The summed E-state index contributed by atoms with van der Waals surface area (Å²) in [7, 11) is 0. The Morgan fingerprint density at radius 2 is 1.83 bits per heavy atom. The normalized spacial score (nSPS) is 26.5. The first kappa shape index (κ1) is 15.6. The average molecular weight is 330 g/mol. The zero-order valence-electron chi connectivity index (χ0n) is 13.7. The molecule has 0 amide bonds. The predicted octanol–water partition coefficient (Wildman–Crippen LogP) is 3.04. The van der Waals surface area contributed by atoms with Gasteiger partial charge in [0.05, 0.1) is 0 Å². The fourth-order valence-corrected chi connectivity index (χ4v) is 5.32. The molecular formula is C19H26N2OS. The molecule has 2 fully saturated rings. The lowest BCUT2D eigenvalue weighted by molar-refractivity contribution is 0.175. The van der Waals surface area contributed by atoms with Crippen LogP contribution in [-0.2, 0) is 6.54 Å². The van der Waals surface area contributed by atoms with Crippen LogP contribution in [0.2, 0.25) is 0 Å². The van der Waals surface area contributed by atoms with Crippen LogP contribution in [0, 0.1) is 11.8 Å². The van der Waals surface area contributed by atoms with Gasteiger partial charge in [-0.2, -0.15) is 0 Å². The van der Waals surface area contributed by atoms with E-state index in [9.17, 15) is 5.11 Å². The molecule has 0 aliphatic carbocycles. The Balaban J connectivity index is 1.41. The summed E-state index contributed by atoms with van der Waals surface area (Å²) in [4.78, 5) is 6.59. The maximum Gasteiger partial charge on any atom is 0.0475 e. The van der Waals surface area contributed by atoms with Gasteiger partial charge in [-0.25, -0.2) is 0 Å². The van der Waals surface area contributed by atoms with Crippen molar-refractivity contribution in [1.29, 1.82) is 0 Å². The summed E-state index contributed by atoms with van der Waals surface area (Å²) in [6.07, 6.45) is 2.70. The first-order valence-corrected chi connectivity index (χ1v) is 9.66. The standard InChI is InChI=1S/C19H26N2OS/c22-14-17-12-21(11-16(17)10-20-7-3-4-8-20)13-18-9-15-5-1-2-6-19(15)23-18/h1-2,5-6,9,16-17,22H,3-4,7-8,10-14H2/t16-,17-/m1/s1. The van der Waals surface area contributed by atoms with Crippen molar-refractivity contribution in [3.05, 3.63) is 35.2 Å². The molecule has 2 aliphatic rings. The van der Waals surface area contributed by atoms with Crippen LogP contribution in [0.5, 0.6) is 0 Å². The van der Waals surface area contributed by atoms with Crippen molar-refractivity contribution in [2.24, 2.45) is 11.8 Å². The highest BCUT2D eigenvalue weighted by Gasteiger charge is 2.33. The number of benzene rings is 1. The maximum atomic E-state index is 9.77. The number of rotatable bonds is 5. The summed E-state index contributed by atoms with van der Waals surface area (Å²) in [6.45, 7) is 7.23. The van der Waals surface area contributed by atoms with E-state index in [2.05, 4.69) is 40.1 Å². The van der Waals surface area contributed by atoms with Gasteiger partial charge in [0.2, 0.25) is 0 Å².